The van der Waals surface area contributed by atoms with Crippen molar-refractivity contribution >= 4 is 22.4 Å². The maximum Gasteiger partial charge on any atom is 0.451 e. The summed E-state index contributed by atoms with van der Waals surface area (Å²) in [6, 6.07) is 16.9. The van der Waals surface area contributed by atoms with Crippen molar-refractivity contribution in [2.45, 2.75) is 6.18 Å². The van der Waals surface area contributed by atoms with Crippen LogP contribution in [0.3, 0.4) is 0 Å². The van der Waals surface area contributed by atoms with Gasteiger partial charge >= 0.3 is 6.18 Å². The van der Waals surface area contributed by atoms with E-state index in [1.54, 1.807) is 24.3 Å². The maximum absolute atomic E-state index is 13.2. The van der Waals surface area contributed by atoms with Gasteiger partial charge in [0.15, 0.2) is 0 Å². The highest BCUT2D eigenvalue weighted by Crippen LogP contribution is 2.32. The van der Waals surface area contributed by atoms with E-state index in [4.69, 9.17) is 0 Å². The number of rotatable bonds is 2. The van der Waals surface area contributed by atoms with Crippen molar-refractivity contribution < 1.29 is 13.2 Å². The molecule has 4 nitrogen and oxygen atoms in total. The van der Waals surface area contributed by atoms with Gasteiger partial charge in [0, 0.05) is 37.3 Å². The Kier molecular flexibility index (Phi) is 4.14. The Morgan fingerprint density at radius 1 is 0.731 bits per heavy atom. The quantitative estimate of drug-likeness (QED) is 0.694. The molecule has 0 saturated carbocycles. The Morgan fingerprint density at radius 3 is 2.04 bits per heavy atom. The summed E-state index contributed by atoms with van der Waals surface area (Å²) in [4.78, 5) is 11.7. The number of halogens is 3. The van der Waals surface area contributed by atoms with Crippen LogP contribution in [0.2, 0.25) is 0 Å². The molecule has 1 aliphatic heterocycles. The molecule has 0 radical (unpaired) electrons. The molecule has 0 atom stereocenters. The van der Waals surface area contributed by atoms with Gasteiger partial charge in [0.05, 0.1) is 5.52 Å². The molecular formula is C19H17F3N4. The molecule has 0 N–H and O–H groups in total. The fraction of sp³-hybridized carbons (Fsp3) is 0.263. The molecule has 0 spiro atoms. The third-order valence-corrected chi connectivity index (χ3v) is 4.54. The lowest BCUT2D eigenvalue weighted by atomic mass is 10.2. The summed E-state index contributed by atoms with van der Waals surface area (Å²) < 4.78 is 39.6. The highest BCUT2D eigenvalue weighted by molar-refractivity contribution is 5.89. The minimum atomic E-state index is -4.56. The van der Waals surface area contributed by atoms with Crippen molar-refractivity contribution in [2.24, 2.45) is 0 Å². The second-order valence-corrected chi connectivity index (χ2v) is 6.20. The first-order valence-electron chi connectivity index (χ1n) is 8.41. The summed E-state index contributed by atoms with van der Waals surface area (Å²) in [7, 11) is 0. The van der Waals surface area contributed by atoms with Crippen LogP contribution in [0.15, 0.2) is 54.6 Å². The average molecular weight is 358 g/mol. The van der Waals surface area contributed by atoms with Crippen LogP contribution in [0, 0.1) is 0 Å². The lowest BCUT2D eigenvalue weighted by Crippen LogP contribution is -2.47. The van der Waals surface area contributed by atoms with Gasteiger partial charge in [-0.2, -0.15) is 13.2 Å². The van der Waals surface area contributed by atoms with Gasteiger partial charge < -0.3 is 9.80 Å². The Morgan fingerprint density at radius 2 is 1.35 bits per heavy atom. The number of hydrogen-bond donors (Lipinski definition) is 0. The third-order valence-electron chi connectivity index (χ3n) is 4.54. The van der Waals surface area contributed by atoms with Crippen LogP contribution in [-0.2, 0) is 6.18 Å². The molecule has 1 saturated heterocycles. The van der Waals surface area contributed by atoms with Gasteiger partial charge in [-0.3, -0.25) is 0 Å². The first-order chi connectivity index (χ1) is 12.5. The number of benzene rings is 2. The number of anilines is 2. The number of para-hydroxylation sites is 2. The van der Waals surface area contributed by atoms with Crippen LogP contribution in [-0.4, -0.2) is 36.1 Å². The normalized spacial score (nSPS) is 15.5. The van der Waals surface area contributed by atoms with E-state index in [0.717, 1.165) is 18.8 Å². The van der Waals surface area contributed by atoms with Crippen molar-refractivity contribution in [3.8, 4) is 0 Å². The Labute approximate surface area is 148 Å². The second kappa shape index (κ2) is 6.48. The lowest BCUT2D eigenvalue weighted by Gasteiger charge is -2.37. The standard InChI is InChI=1S/C19H17F3N4/c20-19(21,22)18-23-16-9-5-4-8-15(16)17(24-18)26-12-10-25(11-13-26)14-6-2-1-3-7-14/h1-9H,10-13H2. The molecule has 134 valence electrons. The fourth-order valence-electron chi connectivity index (χ4n) is 3.24. The van der Waals surface area contributed by atoms with E-state index < -0.39 is 12.0 Å². The zero-order valence-electron chi connectivity index (χ0n) is 13.9. The summed E-state index contributed by atoms with van der Waals surface area (Å²) in [5.41, 5.74) is 1.44. The van der Waals surface area contributed by atoms with Crippen LogP contribution in [0.25, 0.3) is 10.9 Å². The van der Waals surface area contributed by atoms with E-state index in [1.807, 2.05) is 35.2 Å². The number of alkyl halides is 3. The molecule has 0 bridgehead atoms. The third kappa shape index (κ3) is 3.16. The predicted molar refractivity (Wildman–Crippen MR) is 95.4 cm³/mol. The number of aromatic nitrogens is 2. The van der Waals surface area contributed by atoms with E-state index in [1.165, 1.54) is 0 Å². The highest BCUT2D eigenvalue weighted by atomic mass is 19.4. The van der Waals surface area contributed by atoms with Crippen LogP contribution in [0.1, 0.15) is 5.82 Å². The average Bonchev–Trinajstić information content (AvgIpc) is 2.67. The van der Waals surface area contributed by atoms with E-state index in [2.05, 4.69) is 14.9 Å². The van der Waals surface area contributed by atoms with Crippen molar-refractivity contribution in [2.75, 3.05) is 36.0 Å². The summed E-state index contributed by atoms with van der Waals surface area (Å²) in [6.45, 7) is 2.66. The lowest BCUT2D eigenvalue weighted by molar-refractivity contribution is -0.144. The molecule has 0 unspecified atom stereocenters. The Balaban J connectivity index is 1.65. The number of hydrogen-bond acceptors (Lipinski definition) is 4. The minimum Gasteiger partial charge on any atom is -0.368 e. The molecule has 2 heterocycles. The van der Waals surface area contributed by atoms with Gasteiger partial charge in [0.1, 0.15) is 5.82 Å². The number of piperazine rings is 1. The summed E-state index contributed by atoms with van der Waals surface area (Å²) in [5, 5.41) is 0.647. The summed E-state index contributed by atoms with van der Waals surface area (Å²) >= 11 is 0. The first-order valence-corrected chi connectivity index (χ1v) is 8.41. The smallest absolute Gasteiger partial charge is 0.368 e. The molecule has 4 rings (SSSR count). The SMILES string of the molecule is FC(F)(F)c1nc(N2CCN(c3ccccc3)CC2)c2ccccc2n1. The van der Waals surface area contributed by atoms with E-state index >= 15 is 0 Å². The molecule has 0 aliphatic carbocycles. The monoisotopic (exact) mass is 358 g/mol. The van der Waals surface area contributed by atoms with Crippen molar-refractivity contribution in [1.29, 1.82) is 0 Å². The molecule has 3 aromatic rings. The number of nitrogens with zero attached hydrogens (tertiary/aromatic N) is 4. The zero-order chi connectivity index (χ0) is 18.1. The van der Waals surface area contributed by atoms with Gasteiger partial charge in [-0.1, -0.05) is 30.3 Å². The molecule has 1 aliphatic rings. The van der Waals surface area contributed by atoms with E-state index in [-0.39, 0.29) is 0 Å². The molecule has 2 aromatic carbocycles. The van der Waals surface area contributed by atoms with Crippen LogP contribution in [0.5, 0.6) is 0 Å². The van der Waals surface area contributed by atoms with Crippen LogP contribution in [0.4, 0.5) is 24.7 Å². The molecule has 1 aromatic heterocycles. The molecule has 0 amide bonds. The van der Waals surface area contributed by atoms with Crippen molar-refractivity contribution in [1.82, 2.24) is 9.97 Å². The zero-order valence-corrected chi connectivity index (χ0v) is 13.9. The highest BCUT2D eigenvalue weighted by Gasteiger charge is 2.36. The second-order valence-electron chi connectivity index (χ2n) is 6.20. The maximum atomic E-state index is 13.2. The van der Waals surface area contributed by atoms with E-state index in [9.17, 15) is 13.2 Å². The van der Waals surface area contributed by atoms with Crippen LogP contribution >= 0.6 is 0 Å². The molecule has 26 heavy (non-hydrogen) atoms. The van der Waals surface area contributed by atoms with Gasteiger partial charge in [-0.15, -0.1) is 0 Å². The number of fused-ring (bicyclic) bond motifs is 1. The van der Waals surface area contributed by atoms with Crippen molar-refractivity contribution in [3.63, 3.8) is 0 Å². The summed E-state index contributed by atoms with van der Waals surface area (Å²) in [6.07, 6.45) is -4.56. The molecule has 1 fully saturated rings. The van der Waals surface area contributed by atoms with E-state index in [0.29, 0.717) is 29.8 Å². The minimum absolute atomic E-state index is 0.315. The largest absolute Gasteiger partial charge is 0.451 e. The molecular weight excluding hydrogens is 341 g/mol. The van der Waals surface area contributed by atoms with Gasteiger partial charge in [0.2, 0.25) is 5.82 Å². The Bertz CT molecular complexity index is 904. The fourth-order valence-corrected chi connectivity index (χ4v) is 3.24. The van der Waals surface area contributed by atoms with Gasteiger partial charge in [-0.05, 0) is 24.3 Å². The van der Waals surface area contributed by atoms with Crippen molar-refractivity contribution in [3.05, 3.63) is 60.4 Å². The van der Waals surface area contributed by atoms with Gasteiger partial charge in [-0.25, -0.2) is 9.97 Å². The topological polar surface area (TPSA) is 32.3 Å². The predicted octanol–water partition coefficient (Wildman–Crippen LogP) is 3.98. The van der Waals surface area contributed by atoms with Crippen LogP contribution < -0.4 is 9.80 Å². The first kappa shape index (κ1) is 16.6. The summed E-state index contributed by atoms with van der Waals surface area (Å²) in [5.74, 6) is -0.729. The van der Waals surface area contributed by atoms with Gasteiger partial charge in [0.25, 0.3) is 0 Å². The Hall–Kier alpha value is -2.83. The molecule has 7 heteroatoms.